The van der Waals surface area contributed by atoms with Crippen molar-refractivity contribution in [2.75, 3.05) is 7.11 Å². The van der Waals surface area contributed by atoms with E-state index in [2.05, 4.69) is 20.7 Å². The van der Waals surface area contributed by atoms with E-state index in [1.165, 1.54) is 0 Å². The molecule has 0 aromatic heterocycles. The standard InChI is InChI=1S/C11H7BrF3NO2/c1-18-10(17)8-2-7(5-16)6(4-12)3-9(8)11(13,14)15/h2-3H,4H2,1H3. The third-order valence-electron chi connectivity index (χ3n) is 2.22. The summed E-state index contributed by atoms with van der Waals surface area (Å²) in [6.07, 6.45) is -4.69. The van der Waals surface area contributed by atoms with Gasteiger partial charge in [0.25, 0.3) is 0 Å². The second-order valence-electron chi connectivity index (χ2n) is 3.29. The third-order valence-corrected chi connectivity index (χ3v) is 2.82. The van der Waals surface area contributed by atoms with E-state index in [0.29, 0.717) is 0 Å². The van der Waals surface area contributed by atoms with Crippen molar-refractivity contribution in [1.82, 2.24) is 0 Å². The van der Waals surface area contributed by atoms with E-state index in [1.807, 2.05) is 0 Å². The number of carbonyl (C=O) groups is 1. The number of carbonyl (C=O) groups excluding carboxylic acids is 1. The summed E-state index contributed by atoms with van der Waals surface area (Å²) < 4.78 is 42.7. The number of halogens is 4. The Morgan fingerprint density at radius 1 is 1.50 bits per heavy atom. The lowest BCUT2D eigenvalue weighted by molar-refractivity contribution is -0.138. The second-order valence-corrected chi connectivity index (χ2v) is 3.85. The summed E-state index contributed by atoms with van der Waals surface area (Å²) in [6.45, 7) is 0. The van der Waals surface area contributed by atoms with Crippen LogP contribution in [0.2, 0.25) is 0 Å². The number of benzene rings is 1. The van der Waals surface area contributed by atoms with Crippen molar-refractivity contribution in [3.8, 4) is 6.07 Å². The molecule has 0 amide bonds. The van der Waals surface area contributed by atoms with E-state index < -0.39 is 23.3 Å². The number of hydrogen-bond donors (Lipinski definition) is 0. The van der Waals surface area contributed by atoms with Gasteiger partial charge in [0.05, 0.1) is 29.9 Å². The van der Waals surface area contributed by atoms with Gasteiger partial charge in [0, 0.05) is 5.33 Å². The van der Waals surface area contributed by atoms with Crippen molar-refractivity contribution in [3.05, 3.63) is 34.4 Å². The van der Waals surface area contributed by atoms with Crippen LogP contribution in [0.25, 0.3) is 0 Å². The molecule has 0 aliphatic carbocycles. The lowest BCUT2D eigenvalue weighted by Gasteiger charge is -2.13. The van der Waals surface area contributed by atoms with Crippen molar-refractivity contribution in [1.29, 1.82) is 5.26 Å². The Morgan fingerprint density at radius 3 is 2.50 bits per heavy atom. The van der Waals surface area contributed by atoms with E-state index in [1.54, 1.807) is 6.07 Å². The average Bonchev–Trinajstić information content (AvgIpc) is 2.34. The minimum Gasteiger partial charge on any atom is -0.465 e. The first-order chi connectivity index (χ1) is 8.35. The van der Waals surface area contributed by atoms with Crippen LogP contribution in [-0.4, -0.2) is 13.1 Å². The highest BCUT2D eigenvalue weighted by Gasteiger charge is 2.36. The number of ether oxygens (including phenoxy) is 1. The number of alkyl halides is 4. The van der Waals surface area contributed by atoms with Crippen LogP contribution >= 0.6 is 15.9 Å². The number of nitrogens with zero attached hydrogens (tertiary/aromatic N) is 1. The minimum atomic E-state index is -4.69. The molecule has 0 bridgehead atoms. The first kappa shape index (κ1) is 14.5. The molecule has 1 rings (SSSR count). The van der Waals surface area contributed by atoms with Crippen molar-refractivity contribution < 1.29 is 22.7 Å². The van der Waals surface area contributed by atoms with Crippen LogP contribution in [0.3, 0.4) is 0 Å². The first-order valence-corrected chi connectivity index (χ1v) is 5.75. The van der Waals surface area contributed by atoms with E-state index >= 15 is 0 Å². The topological polar surface area (TPSA) is 50.1 Å². The van der Waals surface area contributed by atoms with Gasteiger partial charge in [-0.2, -0.15) is 18.4 Å². The van der Waals surface area contributed by atoms with Crippen molar-refractivity contribution in [2.45, 2.75) is 11.5 Å². The zero-order valence-corrected chi connectivity index (χ0v) is 10.7. The third kappa shape index (κ3) is 2.82. The van der Waals surface area contributed by atoms with E-state index in [0.717, 1.165) is 19.2 Å². The summed E-state index contributed by atoms with van der Waals surface area (Å²) in [4.78, 5) is 11.3. The quantitative estimate of drug-likeness (QED) is 0.620. The van der Waals surface area contributed by atoms with Crippen molar-refractivity contribution in [2.24, 2.45) is 0 Å². The van der Waals surface area contributed by atoms with Crippen molar-refractivity contribution in [3.63, 3.8) is 0 Å². The molecule has 0 aliphatic rings. The molecule has 0 atom stereocenters. The molecule has 0 aliphatic heterocycles. The Morgan fingerprint density at radius 2 is 2.11 bits per heavy atom. The maximum Gasteiger partial charge on any atom is 0.417 e. The first-order valence-electron chi connectivity index (χ1n) is 4.63. The summed E-state index contributed by atoms with van der Waals surface area (Å²) in [5.41, 5.74) is -1.60. The van der Waals surface area contributed by atoms with Gasteiger partial charge in [0.15, 0.2) is 0 Å². The lowest BCUT2D eigenvalue weighted by atomic mass is 9.99. The molecular weight excluding hydrogens is 315 g/mol. The van der Waals surface area contributed by atoms with Gasteiger partial charge in [-0.15, -0.1) is 0 Å². The van der Waals surface area contributed by atoms with Crippen LogP contribution < -0.4 is 0 Å². The fourth-order valence-corrected chi connectivity index (χ4v) is 1.84. The van der Waals surface area contributed by atoms with Gasteiger partial charge < -0.3 is 4.74 Å². The molecule has 96 valence electrons. The van der Waals surface area contributed by atoms with Gasteiger partial charge >= 0.3 is 12.1 Å². The van der Waals surface area contributed by atoms with Crippen LogP contribution in [-0.2, 0) is 16.2 Å². The maximum absolute atomic E-state index is 12.8. The Hall–Kier alpha value is -1.55. The van der Waals surface area contributed by atoms with E-state index in [-0.39, 0.29) is 16.5 Å². The fraction of sp³-hybridized carbons (Fsp3) is 0.273. The number of hydrogen-bond acceptors (Lipinski definition) is 3. The highest BCUT2D eigenvalue weighted by molar-refractivity contribution is 9.08. The Bertz CT molecular complexity index is 520. The molecule has 0 saturated heterocycles. The normalized spacial score (nSPS) is 10.9. The van der Waals surface area contributed by atoms with E-state index in [4.69, 9.17) is 5.26 Å². The van der Waals surface area contributed by atoms with Crippen LogP contribution in [0.15, 0.2) is 12.1 Å². The van der Waals surface area contributed by atoms with Crippen molar-refractivity contribution >= 4 is 21.9 Å². The molecule has 0 unspecified atom stereocenters. The Labute approximate surface area is 109 Å². The van der Waals surface area contributed by atoms with Gasteiger partial charge in [0.1, 0.15) is 0 Å². The number of nitriles is 1. The summed E-state index contributed by atoms with van der Waals surface area (Å²) in [5, 5.41) is 8.90. The van der Waals surface area contributed by atoms with Crippen LogP contribution in [0.4, 0.5) is 13.2 Å². The molecular formula is C11H7BrF3NO2. The van der Waals surface area contributed by atoms with Crippen LogP contribution in [0.1, 0.15) is 27.0 Å². The molecule has 3 nitrogen and oxygen atoms in total. The van der Waals surface area contributed by atoms with Gasteiger partial charge in [-0.05, 0) is 17.7 Å². The molecule has 0 heterocycles. The summed E-state index contributed by atoms with van der Waals surface area (Å²) in [6, 6.07) is 3.41. The average molecular weight is 322 g/mol. The zero-order chi connectivity index (χ0) is 13.9. The fourth-order valence-electron chi connectivity index (χ4n) is 1.37. The molecule has 0 fully saturated rings. The summed E-state index contributed by atoms with van der Waals surface area (Å²) >= 11 is 2.99. The largest absolute Gasteiger partial charge is 0.465 e. The predicted molar refractivity (Wildman–Crippen MR) is 60.1 cm³/mol. The Kier molecular flexibility index (Phi) is 4.35. The summed E-state index contributed by atoms with van der Waals surface area (Å²) in [5.74, 6) is -1.13. The minimum absolute atomic E-state index is 0.000255. The van der Waals surface area contributed by atoms with Crippen LogP contribution in [0, 0.1) is 11.3 Å². The molecule has 7 heteroatoms. The highest BCUT2D eigenvalue weighted by Crippen LogP contribution is 2.34. The molecule has 1 aromatic carbocycles. The molecule has 18 heavy (non-hydrogen) atoms. The highest BCUT2D eigenvalue weighted by atomic mass is 79.9. The van der Waals surface area contributed by atoms with Crippen LogP contribution in [0.5, 0.6) is 0 Å². The Balaban J connectivity index is 3.58. The number of esters is 1. The van der Waals surface area contributed by atoms with Gasteiger partial charge in [-0.25, -0.2) is 4.79 Å². The SMILES string of the molecule is COC(=O)c1cc(C#N)c(CBr)cc1C(F)(F)F. The number of rotatable bonds is 2. The second kappa shape index (κ2) is 5.40. The zero-order valence-electron chi connectivity index (χ0n) is 9.14. The molecule has 1 aromatic rings. The lowest BCUT2D eigenvalue weighted by Crippen LogP contribution is -2.15. The monoisotopic (exact) mass is 321 g/mol. The van der Waals surface area contributed by atoms with Gasteiger partial charge in [-0.1, -0.05) is 15.9 Å². The molecule has 0 radical (unpaired) electrons. The van der Waals surface area contributed by atoms with Gasteiger partial charge in [-0.3, -0.25) is 0 Å². The summed E-state index contributed by atoms with van der Waals surface area (Å²) in [7, 11) is 0.979. The number of methoxy groups -OCH3 is 1. The molecule has 0 spiro atoms. The smallest absolute Gasteiger partial charge is 0.417 e. The van der Waals surface area contributed by atoms with Gasteiger partial charge in [0.2, 0.25) is 0 Å². The predicted octanol–water partition coefficient (Wildman–Crippen LogP) is 3.26. The molecule has 0 saturated carbocycles. The molecule has 0 N–H and O–H groups in total. The van der Waals surface area contributed by atoms with E-state index in [9.17, 15) is 18.0 Å². The maximum atomic E-state index is 12.8.